The number of hydrogen-bond donors (Lipinski definition) is 1. The van der Waals surface area contributed by atoms with E-state index < -0.39 is 0 Å². The molecule has 0 saturated carbocycles. The number of hydrogen-bond acceptors (Lipinski definition) is 2. The Balaban J connectivity index is 1.70. The van der Waals surface area contributed by atoms with E-state index in [2.05, 4.69) is 10.3 Å². The Labute approximate surface area is 125 Å². The molecule has 0 radical (unpaired) electrons. The number of aliphatic imine (C=N–C) groups is 1. The first kappa shape index (κ1) is 14.5. The van der Waals surface area contributed by atoms with Crippen LogP contribution in [-0.4, -0.2) is 6.21 Å². The average Bonchev–Trinajstić information content (AvgIpc) is 2.55. The first-order valence-corrected chi connectivity index (χ1v) is 6.84. The van der Waals surface area contributed by atoms with E-state index in [0.717, 1.165) is 11.4 Å². The normalized spacial score (nSPS) is 12.0. The third-order valence-corrected chi connectivity index (χ3v) is 2.63. The van der Waals surface area contributed by atoms with Gasteiger partial charge in [0.25, 0.3) is 0 Å². The van der Waals surface area contributed by atoms with Gasteiger partial charge in [0, 0.05) is 18.1 Å². The van der Waals surface area contributed by atoms with E-state index in [4.69, 9.17) is 0 Å². The van der Waals surface area contributed by atoms with Crippen molar-refractivity contribution >= 4 is 17.6 Å². The van der Waals surface area contributed by atoms with Gasteiger partial charge in [-0.25, -0.2) is 0 Å². The standard InChI is InChI=1S/C19H18N2/c1(2-10-16-20-18-12-6-4-7-13-18)3-11-17-21-19-14-8-5-9-15-19/h1-17,20H/b2-1+,11-3+,16-10+,21-17?. The van der Waals surface area contributed by atoms with Crippen LogP contribution < -0.4 is 5.32 Å². The fraction of sp³-hybridized carbons (Fsp3) is 0. The summed E-state index contributed by atoms with van der Waals surface area (Å²) >= 11 is 0. The molecular weight excluding hydrogens is 256 g/mol. The molecule has 0 fully saturated rings. The maximum absolute atomic E-state index is 4.30. The van der Waals surface area contributed by atoms with E-state index in [-0.39, 0.29) is 0 Å². The molecule has 0 saturated heterocycles. The van der Waals surface area contributed by atoms with Crippen molar-refractivity contribution in [1.82, 2.24) is 0 Å². The molecule has 104 valence electrons. The molecule has 0 aromatic heterocycles. The lowest BCUT2D eigenvalue weighted by Crippen LogP contribution is -1.84. The molecule has 1 N–H and O–H groups in total. The van der Waals surface area contributed by atoms with Gasteiger partial charge in [0.1, 0.15) is 0 Å². The van der Waals surface area contributed by atoms with Crippen molar-refractivity contribution in [3.8, 4) is 0 Å². The lowest BCUT2D eigenvalue weighted by molar-refractivity contribution is 1.54. The molecule has 0 unspecified atom stereocenters. The van der Waals surface area contributed by atoms with Crippen molar-refractivity contribution in [2.24, 2.45) is 4.99 Å². The summed E-state index contributed by atoms with van der Waals surface area (Å²) < 4.78 is 0. The van der Waals surface area contributed by atoms with Gasteiger partial charge >= 0.3 is 0 Å². The van der Waals surface area contributed by atoms with Gasteiger partial charge in [0.15, 0.2) is 0 Å². The molecule has 21 heavy (non-hydrogen) atoms. The maximum atomic E-state index is 4.30. The van der Waals surface area contributed by atoms with Gasteiger partial charge in [-0.2, -0.15) is 0 Å². The minimum absolute atomic E-state index is 0.957. The summed E-state index contributed by atoms with van der Waals surface area (Å²) in [5.41, 5.74) is 2.03. The highest BCUT2D eigenvalue weighted by Gasteiger charge is 1.81. The van der Waals surface area contributed by atoms with Crippen LogP contribution in [0.25, 0.3) is 0 Å². The summed E-state index contributed by atoms with van der Waals surface area (Å²) in [6.07, 6.45) is 13.4. The monoisotopic (exact) mass is 274 g/mol. The molecule has 0 spiro atoms. The van der Waals surface area contributed by atoms with Crippen molar-refractivity contribution in [3.05, 3.63) is 97.2 Å². The molecule has 2 aromatic carbocycles. The lowest BCUT2D eigenvalue weighted by atomic mass is 10.3. The third-order valence-electron chi connectivity index (χ3n) is 2.63. The Kier molecular flexibility index (Phi) is 6.30. The summed E-state index contributed by atoms with van der Waals surface area (Å²) in [5.74, 6) is 0. The molecule has 0 heterocycles. The van der Waals surface area contributed by atoms with Crippen molar-refractivity contribution in [3.63, 3.8) is 0 Å². The van der Waals surface area contributed by atoms with Crippen LogP contribution in [-0.2, 0) is 0 Å². The van der Waals surface area contributed by atoms with Crippen molar-refractivity contribution in [2.45, 2.75) is 0 Å². The minimum Gasteiger partial charge on any atom is -0.362 e. The van der Waals surface area contributed by atoms with Gasteiger partial charge in [-0.15, -0.1) is 0 Å². The number of anilines is 1. The second-order valence-corrected chi connectivity index (χ2v) is 4.25. The Hall–Kier alpha value is -2.87. The molecule has 0 bridgehead atoms. The Morgan fingerprint density at radius 2 is 1.29 bits per heavy atom. The van der Waals surface area contributed by atoms with Crippen LogP contribution >= 0.6 is 0 Å². The largest absolute Gasteiger partial charge is 0.362 e. The van der Waals surface area contributed by atoms with Gasteiger partial charge in [0.2, 0.25) is 0 Å². The number of rotatable bonds is 6. The summed E-state index contributed by atoms with van der Waals surface area (Å²) in [4.78, 5) is 4.30. The van der Waals surface area contributed by atoms with Crippen LogP contribution in [0.4, 0.5) is 11.4 Å². The molecule has 2 rings (SSSR count). The fourth-order valence-electron chi connectivity index (χ4n) is 1.62. The fourth-order valence-corrected chi connectivity index (χ4v) is 1.62. The number of para-hydroxylation sites is 2. The summed E-state index contributed by atoms with van der Waals surface area (Å²) in [5, 5.41) is 3.19. The zero-order chi connectivity index (χ0) is 14.6. The van der Waals surface area contributed by atoms with Crippen LogP contribution in [0.3, 0.4) is 0 Å². The quantitative estimate of drug-likeness (QED) is 0.573. The number of allylic oxidation sites excluding steroid dienone is 5. The van der Waals surface area contributed by atoms with Gasteiger partial charge in [0.05, 0.1) is 5.69 Å². The number of nitrogens with one attached hydrogen (secondary N) is 1. The highest BCUT2D eigenvalue weighted by molar-refractivity contribution is 5.74. The molecule has 2 nitrogen and oxygen atoms in total. The number of nitrogens with zero attached hydrogens (tertiary/aromatic N) is 1. The summed E-state index contributed by atoms with van der Waals surface area (Å²) in [6.45, 7) is 0. The van der Waals surface area contributed by atoms with Crippen molar-refractivity contribution < 1.29 is 0 Å². The molecule has 0 aliphatic carbocycles. The van der Waals surface area contributed by atoms with E-state index in [9.17, 15) is 0 Å². The van der Waals surface area contributed by atoms with E-state index in [1.165, 1.54) is 0 Å². The Bertz CT molecular complexity index is 623. The first-order chi connectivity index (χ1) is 10.4. The SMILES string of the molecule is C(/C=C/C=C/C=C/Nc1ccccc1)=Nc1ccccc1. The molecule has 2 aromatic rings. The summed E-state index contributed by atoms with van der Waals surface area (Å²) in [7, 11) is 0. The van der Waals surface area contributed by atoms with E-state index >= 15 is 0 Å². The minimum atomic E-state index is 0.957. The predicted octanol–water partition coefficient (Wildman–Crippen LogP) is 5.13. The topological polar surface area (TPSA) is 24.4 Å². The molecule has 2 heteroatoms. The second kappa shape index (κ2) is 9.10. The molecular formula is C19H18N2. The smallest absolute Gasteiger partial charge is 0.0629 e. The van der Waals surface area contributed by atoms with E-state index in [0.29, 0.717) is 0 Å². The highest BCUT2D eigenvalue weighted by atomic mass is 14.8. The van der Waals surface area contributed by atoms with Crippen LogP contribution in [0.5, 0.6) is 0 Å². The van der Waals surface area contributed by atoms with Gasteiger partial charge < -0.3 is 5.32 Å². The van der Waals surface area contributed by atoms with Crippen LogP contribution in [0.2, 0.25) is 0 Å². The molecule has 0 aliphatic rings. The number of benzene rings is 2. The molecule has 0 atom stereocenters. The van der Waals surface area contributed by atoms with Crippen LogP contribution in [0.1, 0.15) is 0 Å². The van der Waals surface area contributed by atoms with Crippen LogP contribution in [0.15, 0.2) is 102 Å². The van der Waals surface area contributed by atoms with E-state index in [1.54, 1.807) is 6.21 Å². The average molecular weight is 274 g/mol. The zero-order valence-corrected chi connectivity index (χ0v) is 11.8. The van der Waals surface area contributed by atoms with Crippen LogP contribution in [0, 0.1) is 0 Å². The first-order valence-electron chi connectivity index (χ1n) is 6.84. The van der Waals surface area contributed by atoms with Gasteiger partial charge in [-0.3, -0.25) is 4.99 Å². The van der Waals surface area contributed by atoms with Gasteiger partial charge in [-0.1, -0.05) is 54.6 Å². The zero-order valence-electron chi connectivity index (χ0n) is 11.8. The second-order valence-electron chi connectivity index (χ2n) is 4.25. The van der Waals surface area contributed by atoms with E-state index in [1.807, 2.05) is 97.2 Å². The highest BCUT2D eigenvalue weighted by Crippen LogP contribution is 2.08. The maximum Gasteiger partial charge on any atom is 0.0629 e. The molecule has 0 amide bonds. The molecule has 0 aliphatic heterocycles. The van der Waals surface area contributed by atoms with Crippen molar-refractivity contribution in [1.29, 1.82) is 0 Å². The van der Waals surface area contributed by atoms with Crippen molar-refractivity contribution in [2.75, 3.05) is 5.32 Å². The summed E-state index contributed by atoms with van der Waals surface area (Å²) in [6, 6.07) is 19.9. The Morgan fingerprint density at radius 3 is 2.05 bits per heavy atom. The predicted molar refractivity (Wildman–Crippen MR) is 92.1 cm³/mol. The van der Waals surface area contributed by atoms with Gasteiger partial charge in [-0.05, 0) is 36.4 Å². The third kappa shape index (κ3) is 6.21. The Morgan fingerprint density at radius 1 is 0.667 bits per heavy atom. The lowest BCUT2D eigenvalue weighted by Gasteiger charge is -1.97.